The molecule has 0 saturated carbocycles. The van der Waals surface area contributed by atoms with Crippen LogP contribution in [-0.2, 0) is 17.6 Å². The molecule has 2 atom stereocenters. The third kappa shape index (κ3) is 5.37. The summed E-state index contributed by atoms with van der Waals surface area (Å²) in [6, 6.07) is 20.8. The Bertz CT molecular complexity index is 1080. The molecule has 33 heavy (non-hydrogen) atoms. The molecule has 3 aromatic rings. The molecule has 2 unspecified atom stereocenters. The van der Waals surface area contributed by atoms with Gasteiger partial charge in [-0.1, -0.05) is 54.6 Å². The lowest BCUT2D eigenvalue weighted by atomic mass is 9.95. The van der Waals surface area contributed by atoms with Gasteiger partial charge in [0.1, 0.15) is 18.4 Å². The van der Waals surface area contributed by atoms with E-state index in [1.165, 1.54) is 12.1 Å². The molecule has 4 nitrogen and oxygen atoms in total. The van der Waals surface area contributed by atoms with E-state index in [1.807, 2.05) is 59.5 Å². The van der Waals surface area contributed by atoms with E-state index in [2.05, 4.69) is 0 Å². The lowest BCUT2D eigenvalue weighted by Gasteiger charge is -2.32. The number of halogens is 3. The summed E-state index contributed by atoms with van der Waals surface area (Å²) in [7, 11) is 0. The normalized spacial score (nSPS) is 17.6. The Morgan fingerprint density at radius 1 is 1.00 bits per heavy atom. The Morgan fingerprint density at radius 3 is 2.39 bits per heavy atom. The molecule has 1 N–H and O–H groups in total. The largest absolute Gasteiger partial charge is 0.489 e. The van der Waals surface area contributed by atoms with E-state index in [1.54, 1.807) is 0 Å². The summed E-state index contributed by atoms with van der Waals surface area (Å²) < 4.78 is 45.2. The third-order valence-corrected chi connectivity index (χ3v) is 5.89. The minimum absolute atomic E-state index is 0.372. The van der Waals surface area contributed by atoms with Gasteiger partial charge in [-0.2, -0.15) is 13.2 Å². The molecule has 4 rings (SSSR count). The molecule has 0 spiro atoms. The molecule has 1 heterocycles. The number of nitrogens with zero attached hydrogens (tertiary/aromatic N) is 1. The number of likely N-dealkylation sites (tertiary alicyclic amines) is 1. The van der Waals surface area contributed by atoms with Crippen LogP contribution < -0.4 is 4.74 Å². The summed E-state index contributed by atoms with van der Waals surface area (Å²) in [4.78, 5) is 13.7. The zero-order valence-corrected chi connectivity index (χ0v) is 17.8. The van der Waals surface area contributed by atoms with Crippen LogP contribution >= 0.6 is 0 Å². The standard InChI is InChI=1S/C26H24F3NO3/c27-26(28,29)21-13-11-19(12-14-21)24(30-15-5-10-23(30)25(31)32)20-8-4-9-22(16-20)33-17-18-6-2-1-3-7-18/h1-4,6-9,11-14,16,23-24H,5,10,15,17H2,(H,31,32). The van der Waals surface area contributed by atoms with E-state index in [0.29, 0.717) is 37.3 Å². The summed E-state index contributed by atoms with van der Waals surface area (Å²) >= 11 is 0. The first-order valence-corrected chi connectivity index (χ1v) is 10.8. The van der Waals surface area contributed by atoms with Gasteiger partial charge < -0.3 is 9.84 Å². The fourth-order valence-electron chi connectivity index (χ4n) is 4.31. The SMILES string of the molecule is O=C(O)C1CCCN1C(c1ccc(C(F)(F)F)cc1)c1cccc(OCc2ccccc2)c1. The van der Waals surface area contributed by atoms with Gasteiger partial charge in [0.15, 0.2) is 0 Å². The average molecular weight is 455 g/mol. The highest BCUT2D eigenvalue weighted by Gasteiger charge is 2.37. The minimum Gasteiger partial charge on any atom is -0.489 e. The van der Waals surface area contributed by atoms with Crippen LogP contribution in [-0.4, -0.2) is 28.6 Å². The van der Waals surface area contributed by atoms with E-state index in [0.717, 1.165) is 23.3 Å². The molecule has 7 heteroatoms. The quantitative estimate of drug-likeness (QED) is 0.480. The van der Waals surface area contributed by atoms with Gasteiger partial charge in [0, 0.05) is 6.54 Å². The predicted molar refractivity (Wildman–Crippen MR) is 118 cm³/mol. The molecule has 1 aliphatic heterocycles. The highest BCUT2D eigenvalue weighted by atomic mass is 19.4. The van der Waals surface area contributed by atoms with Crippen LogP contribution in [0.5, 0.6) is 5.75 Å². The Kier molecular flexibility index (Phi) is 6.70. The zero-order chi connectivity index (χ0) is 23.4. The number of aliphatic carboxylic acids is 1. The molecule has 0 aliphatic carbocycles. The lowest BCUT2D eigenvalue weighted by Crippen LogP contribution is -2.39. The first kappa shape index (κ1) is 22.9. The first-order valence-electron chi connectivity index (χ1n) is 10.8. The van der Waals surface area contributed by atoms with Crippen LogP contribution in [0.25, 0.3) is 0 Å². The molecule has 172 valence electrons. The summed E-state index contributed by atoms with van der Waals surface area (Å²) in [5, 5.41) is 9.73. The number of carboxylic acid groups (broad SMARTS) is 1. The van der Waals surface area contributed by atoms with Crippen LogP contribution in [0.1, 0.15) is 41.1 Å². The fraction of sp³-hybridized carbons (Fsp3) is 0.269. The number of rotatable bonds is 7. The van der Waals surface area contributed by atoms with E-state index in [-0.39, 0.29) is 0 Å². The predicted octanol–water partition coefficient (Wildman–Crippen LogP) is 5.92. The Hall–Kier alpha value is -3.32. The Balaban J connectivity index is 1.67. The molecule has 0 radical (unpaired) electrons. The van der Waals surface area contributed by atoms with Gasteiger partial charge in [-0.15, -0.1) is 0 Å². The second kappa shape index (κ2) is 9.67. The van der Waals surface area contributed by atoms with Gasteiger partial charge in [0.2, 0.25) is 0 Å². The molecule has 1 fully saturated rings. The van der Waals surface area contributed by atoms with Gasteiger partial charge >= 0.3 is 12.1 Å². The van der Waals surface area contributed by atoms with Crippen molar-refractivity contribution >= 4 is 5.97 Å². The maximum atomic E-state index is 13.1. The van der Waals surface area contributed by atoms with Crippen molar-refractivity contribution in [1.29, 1.82) is 0 Å². The van der Waals surface area contributed by atoms with Crippen molar-refractivity contribution in [3.05, 3.63) is 101 Å². The average Bonchev–Trinajstić information content (AvgIpc) is 3.28. The Labute approximate surface area is 190 Å². The third-order valence-electron chi connectivity index (χ3n) is 5.89. The van der Waals surface area contributed by atoms with Crippen LogP contribution in [0, 0.1) is 0 Å². The van der Waals surface area contributed by atoms with Crippen molar-refractivity contribution in [2.75, 3.05) is 6.54 Å². The molecule has 1 saturated heterocycles. The van der Waals surface area contributed by atoms with Crippen molar-refractivity contribution < 1.29 is 27.8 Å². The number of carbonyl (C=O) groups is 1. The van der Waals surface area contributed by atoms with Crippen LogP contribution in [0.2, 0.25) is 0 Å². The molecule has 0 amide bonds. The molecular weight excluding hydrogens is 431 g/mol. The number of benzene rings is 3. The van der Waals surface area contributed by atoms with Crippen molar-refractivity contribution in [2.24, 2.45) is 0 Å². The number of alkyl halides is 3. The lowest BCUT2D eigenvalue weighted by molar-refractivity contribution is -0.142. The number of hydrogen-bond acceptors (Lipinski definition) is 3. The molecule has 1 aliphatic rings. The van der Waals surface area contributed by atoms with Crippen LogP contribution in [0.3, 0.4) is 0 Å². The van der Waals surface area contributed by atoms with Gasteiger partial charge in [-0.25, -0.2) is 0 Å². The van der Waals surface area contributed by atoms with E-state index in [9.17, 15) is 23.1 Å². The second-order valence-electron chi connectivity index (χ2n) is 8.10. The molecule has 3 aromatic carbocycles. The fourth-order valence-corrected chi connectivity index (χ4v) is 4.31. The van der Waals surface area contributed by atoms with Crippen LogP contribution in [0.15, 0.2) is 78.9 Å². The number of carboxylic acids is 1. The highest BCUT2D eigenvalue weighted by molar-refractivity contribution is 5.74. The van der Waals surface area contributed by atoms with Crippen molar-refractivity contribution in [2.45, 2.75) is 37.7 Å². The molecule has 0 bridgehead atoms. The van der Waals surface area contributed by atoms with Gasteiger partial charge in [-0.3, -0.25) is 9.69 Å². The van der Waals surface area contributed by atoms with Crippen molar-refractivity contribution in [1.82, 2.24) is 4.90 Å². The summed E-state index contributed by atoms with van der Waals surface area (Å²) in [5.41, 5.74) is 1.65. The summed E-state index contributed by atoms with van der Waals surface area (Å²) in [6.45, 7) is 0.911. The van der Waals surface area contributed by atoms with Crippen LogP contribution in [0.4, 0.5) is 13.2 Å². The second-order valence-corrected chi connectivity index (χ2v) is 8.10. The summed E-state index contributed by atoms with van der Waals surface area (Å²) in [5.74, 6) is -0.319. The smallest absolute Gasteiger partial charge is 0.416 e. The van der Waals surface area contributed by atoms with E-state index >= 15 is 0 Å². The van der Waals surface area contributed by atoms with E-state index in [4.69, 9.17) is 4.74 Å². The van der Waals surface area contributed by atoms with Gasteiger partial charge in [0.25, 0.3) is 0 Å². The van der Waals surface area contributed by atoms with Crippen molar-refractivity contribution in [3.63, 3.8) is 0 Å². The maximum absolute atomic E-state index is 13.1. The molecular formula is C26H24F3NO3. The molecule has 0 aromatic heterocycles. The number of ether oxygens (including phenoxy) is 1. The minimum atomic E-state index is -4.43. The van der Waals surface area contributed by atoms with Crippen molar-refractivity contribution in [3.8, 4) is 5.75 Å². The van der Waals surface area contributed by atoms with Gasteiger partial charge in [-0.05, 0) is 53.8 Å². The highest BCUT2D eigenvalue weighted by Crippen LogP contribution is 2.37. The maximum Gasteiger partial charge on any atom is 0.416 e. The van der Waals surface area contributed by atoms with E-state index < -0.39 is 29.8 Å². The first-order chi connectivity index (χ1) is 15.8. The number of hydrogen-bond donors (Lipinski definition) is 1. The Morgan fingerprint density at radius 2 is 1.73 bits per heavy atom. The van der Waals surface area contributed by atoms with Gasteiger partial charge in [0.05, 0.1) is 11.6 Å². The monoisotopic (exact) mass is 455 g/mol. The topological polar surface area (TPSA) is 49.8 Å². The summed E-state index contributed by atoms with van der Waals surface area (Å²) in [6.07, 6.45) is -3.23. The zero-order valence-electron chi connectivity index (χ0n) is 17.8.